The lowest BCUT2D eigenvalue weighted by Crippen LogP contribution is -2.11. The van der Waals surface area contributed by atoms with Crippen molar-refractivity contribution >= 4 is 39.2 Å². The summed E-state index contributed by atoms with van der Waals surface area (Å²) >= 11 is 9.38. The molecule has 0 bridgehead atoms. The Morgan fingerprint density at radius 2 is 2.19 bits per heavy atom. The second-order valence-electron chi connectivity index (χ2n) is 4.33. The normalized spacial score (nSPS) is 10.2. The van der Waals surface area contributed by atoms with E-state index in [0.29, 0.717) is 15.2 Å². The molecule has 7 heteroatoms. The Balaban J connectivity index is 2.78. The Bertz CT molecular complexity index is 778. The maximum Gasteiger partial charge on any atom is 0.357 e. The number of hydrogen-bond acceptors (Lipinski definition) is 4. The topological polar surface area (TPSA) is 81.0 Å². The van der Waals surface area contributed by atoms with E-state index in [1.807, 2.05) is 13.0 Å². The Kier molecular flexibility index (Phi) is 4.26. The van der Waals surface area contributed by atoms with Crippen molar-refractivity contribution in [3.05, 3.63) is 44.6 Å². The molecule has 21 heavy (non-hydrogen) atoms. The van der Waals surface area contributed by atoms with Gasteiger partial charge in [0.15, 0.2) is 5.69 Å². The summed E-state index contributed by atoms with van der Waals surface area (Å²) in [7, 11) is 1.26. The Hall–Kier alpha value is -1.97. The summed E-state index contributed by atoms with van der Waals surface area (Å²) in [5.74, 6) is -0.612. The molecule has 108 valence electrons. The van der Waals surface area contributed by atoms with Crippen LogP contribution in [0.4, 0.5) is 5.69 Å². The number of rotatable bonds is 2. The molecule has 0 amide bonds. The number of halogens is 2. The van der Waals surface area contributed by atoms with Crippen LogP contribution >= 0.6 is 27.5 Å². The van der Waals surface area contributed by atoms with Gasteiger partial charge in [0.2, 0.25) is 0 Å². The van der Waals surface area contributed by atoms with E-state index < -0.39 is 5.97 Å². The highest BCUT2D eigenvalue weighted by Crippen LogP contribution is 2.31. The lowest BCUT2D eigenvalue weighted by molar-refractivity contribution is 0.0593. The molecule has 0 saturated heterocycles. The average molecular weight is 369 g/mol. The zero-order valence-electron chi connectivity index (χ0n) is 11.3. The van der Waals surface area contributed by atoms with E-state index in [9.17, 15) is 4.79 Å². The molecule has 5 nitrogen and oxygen atoms in total. The molecular weight excluding hydrogens is 358 g/mol. The van der Waals surface area contributed by atoms with Gasteiger partial charge in [-0.3, -0.25) is 0 Å². The molecule has 0 aliphatic heterocycles. The predicted molar refractivity (Wildman–Crippen MR) is 83.7 cm³/mol. The number of methoxy groups -OCH3 is 1. The highest BCUT2D eigenvalue weighted by molar-refractivity contribution is 9.10. The zero-order valence-corrected chi connectivity index (χ0v) is 13.6. The molecular formula is C14H11BrClN3O2. The molecule has 1 aromatic carbocycles. The number of nitrogen functional groups attached to an aromatic ring is 1. The highest BCUT2D eigenvalue weighted by Gasteiger charge is 2.22. The van der Waals surface area contributed by atoms with Crippen molar-refractivity contribution in [2.75, 3.05) is 12.8 Å². The predicted octanol–water partition coefficient (Wildman–Crippen LogP) is 3.44. The second-order valence-corrected chi connectivity index (χ2v) is 5.59. The van der Waals surface area contributed by atoms with Gasteiger partial charge in [-0.2, -0.15) is 5.26 Å². The number of carbonyl (C=O) groups is 1. The SMILES string of the molecule is COC(=O)c1c(N)c(C#N)cn1-c1cc(Br)c(Cl)cc1C. The van der Waals surface area contributed by atoms with Gasteiger partial charge < -0.3 is 15.0 Å². The van der Waals surface area contributed by atoms with Crippen LogP contribution in [0.25, 0.3) is 5.69 Å². The Morgan fingerprint density at radius 3 is 2.76 bits per heavy atom. The summed E-state index contributed by atoms with van der Waals surface area (Å²) in [6.07, 6.45) is 1.50. The summed E-state index contributed by atoms with van der Waals surface area (Å²) in [5, 5.41) is 9.65. The molecule has 0 fully saturated rings. The molecule has 0 aliphatic carbocycles. The molecule has 1 heterocycles. The fraction of sp³-hybridized carbons (Fsp3) is 0.143. The number of aryl methyl sites for hydroxylation is 1. The number of esters is 1. The number of nitrogens with zero attached hydrogens (tertiary/aromatic N) is 2. The van der Waals surface area contributed by atoms with Crippen molar-refractivity contribution in [1.82, 2.24) is 4.57 Å². The molecule has 2 aromatic rings. The monoisotopic (exact) mass is 367 g/mol. The smallest absolute Gasteiger partial charge is 0.357 e. The van der Waals surface area contributed by atoms with Gasteiger partial charge in [0.1, 0.15) is 6.07 Å². The van der Waals surface area contributed by atoms with E-state index in [1.54, 1.807) is 12.1 Å². The summed E-state index contributed by atoms with van der Waals surface area (Å²) in [6, 6.07) is 5.47. The van der Waals surface area contributed by atoms with Crippen molar-refractivity contribution < 1.29 is 9.53 Å². The van der Waals surface area contributed by atoms with E-state index in [-0.39, 0.29) is 16.9 Å². The van der Waals surface area contributed by atoms with Gasteiger partial charge in [-0.25, -0.2) is 4.79 Å². The van der Waals surface area contributed by atoms with E-state index in [4.69, 9.17) is 27.3 Å². The number of hydrogen-bond donors (Lipinski definition) is 1. The molecule has 0 aliphatic rings. The van der Waals surface area contributed by atoms with Crippen LogP contribution in [-0.4, -0.2) is 17.6 Å². The summed E-state index contributed by atoms with van der Waals surface area (Å²) in [5.41, 5.74) is 7.79. The number of aromatic nitrogens is 1. The standard InChI is InChI=1S/C14H11BrClN3O2/c1-7-3-10(16)9(15)4-11(7)19-6-8(5-17)12(18)13(19)14(20)21-2/h3-4,6H,18H2,1-2H3. The van der Waals surface area contributed by atoms with Crippen LogP contribution in [0.15, 0.2) is 22.8 Å². The molecule has 0 saturated carbocycles. The van der Waals surface area contributed by atoms with Crippen molar-refractivity contribution in [3.8, 4) is 11.8 Å². The number of carbonyl (C=O) groups excluding carboxylic acids is 1. The Labute approximate surface area is 135 Å². The zero-order chi connectivity index (χ0) is 15.7. The Morgan fingerprint density at radius 1 is 1.52 bits per heavy atom. The molecule has 2 rings (SSSR count). The van der Waals surface area contributed by atoms with E-state index in [1.165, 1.54) is 17.9 Å². The fourth-order valence-corrected chi connectivity index (χ4v) is 2.55. The first-order valence-electron chi connectivity index (χ1n) is 5.86. The summed E-state index contributed by atoms with van der Waals surface area (Å²) in [6.45, 7) is 1.84. The lowest BCUT2D eigenvalue weighted by atomic mass is 10.2. The molecule has 0 spiro atoms. The molecule has 2 N–H and O–H groups in total. The summed E-state index contributed by atoms with van der Waals surface area (Å²) in [4.78, 5) is 12.0. The molecule has 1 aromatic heterocycles. The first kappa shape index (κ1) is 15.4. The second kappa shape index (κ2) is 5.80. The van der Waals surface area contributed by atoms with Crippen LogP contribution in [0, 0.1) is 18.3 Å². The number of benzene rings is 1. The van der Waals surface area contributed by atoms with Crippen molar-refractivity contribution in [1.29, 1.82) is 5.26 Å². The average Bonchev–Trinajstić information content (AvgIpc) is 2.78. The minimum absolute atomic E-state index is 0.0924. The molecule has 0 unspecified atom stereocenters. The van der Waals surface area contributed by atoms with Crippen molar-refractivity contribution in [2.24, 2.45) is 0 Å². The van der Waals surface area contributed by atoms with Crippen LogP contribution in [0.2, 0.25) is 5.02 Å². The lowest BCUT2D eigenvalue weighted by Gasteiger charge is -2.12. The van der Waals surface area contributed by atoms with Gasteiger partial charge in [-0.15, -0.1) is 0 Å². The number of nitriles is 1. The first-order chi connectivity index (χ1) is 9.90. The van der Waals surface area contributed by atoms with E-state index in [2.05, 4.69) is 15.9 Å². The van der Waals surface area contributed by atoms with Crippen molar-refractivity contribution in [2.45, 2.75) is 6.92 Å². The van der Waals surface area contributed by atoms with Gasteiger partial charge in [0.25, 0.3) is 0 Å². The van der Waals surface area contributed by atoms with Gasteiger partial charge in [0, 0.05) is 10.7 Å². The van der Waals surface area contributed by atoms with Crippen LogP contribution in [0.1, 0.15) is 21.6 Å². The minimum Gasteiger partial charge on any atom is -0.464 e. The first-order valence-corrected chi connectivity index (χ1v) is 7.03. The highest BCUT2D eigenvalue weighted by atomic mass is 79.9. The number of nitrogens with two attached hydrogens (primary N) is 1. The minimum atomic E-state index is -0.612. The van der Waals surface area contributed by atoms with Gasteiger partial charge in [-0.05, 0) is 40.5 Å². The maximum atomic E-state index is 12.0. The van der Waals surface area contributed by atoms with Crippen LogP contribution < -0.4 is 5.73 Å². The van der Waals surface area contributed by atoms with Gasteiger partial charge >= 0.3 is 5.97 Å². The third-order valence-electron chi connectivity index (χ3n) is 3.04. The number of ether oxygens (including phenoxy) is 1. The summed E-state index contributed by atoms with van der Waals surface area (Å²) < 4.78 is 6.95. The largest absolute Gasteiger partial charge is 0.464 e. The quantitative estimate of drug-likeness (QED) is 0.823. The number of anilines is 1. The van der Waals surface area contributed by atoms with E-state index in [0.717, 1.165) is 5.56 Å². The van der Waals surface area contributed by atoms with Crippen molar-refractivity contribution in [3.63, 3.8) is 0 Å². The third kappa shape index (κ3) is 2.62. The van der Waals surface area contributed by atoms with Crippen LogP contribution in [0.5, 0.6) is 0 Å². The third-order valence-corrected chi connectivity index (χ3v) is 4.24. The van der Waals surface area contributed by atoms with Crippen LogP contribution in [0.3, 0.4) is 0 Å². The fourth-order valence-electron chi connectivity index (χ4n) is 2.00. The molecule has 0 radical (unpaired) electrons. The van der Waals surface area contributed by atoms with E-state index >= 15 is 0 Å². The van der Waals surface area contributed by atoms with Gasteiger partial charge in [0.05, 0.1) is 29.1 Å². The van der Waals surface area contributed by atoms with Crippen LogP contribution in [-0.2, 0) is 4.74 Å². The maximum absolute atomic E-state index is 12.0. The van der Waals surface area contributed by atoms with Gasteiger partial charge in [-0.1, -0.05) is 11.6 Å². The molecule has 0 atom stereocenters.